The van der Waals surface area contributed by atoms with Crippen molar-refractivity contribution < 1.29 is 8.42 Å². The third-order valence-corrected chi connectivity index (χ3v) is 4.43. The van der Waals surface area contributed by atoms with E-state index >= 15 is 0 Å². The van der Waals surface area contributed by atoms with Crippen LogP contribution in [0, 0.1) is 22.7 Å². The first-order valence-electron chi connectivity index (χ1n) is 5.32. The van der Waals surface area contributed by atoms with E-state index in [9.17, 15) is 8.42 Å². The van der Waals surface area contributed by atoms with Crippen molar-refractivity contribution in [1.29, 1.82) is 10.5 Å². The van der Waals surface area contributed by atoms with E-state index in [1.807, 2.05) is 12.1 Å². The number of nitriles is 2. The summed E-state index contributed by atoms with van der Waals surface area (Å²) in [5.74, 6) is 0. The van der Waals surface area contributed by atoms with Crippen molar-refractivity contribution in [3.8, 4) is 12.1 Å². The maximum Gasteiger partial charge on any atom is 0.244 e. The van der Waals surface area contributed by atoms with Crippen LogP contribution in [0.3, 0.4) is 0 Å². The standard InChI is InChI=1S/C12H13N3O2S/c1-10(2)15(8-7-13)18(16,17)12-5-3-11(9-14)4-6-12/h3-6,10H,8H2,1-2H3. The van der Waals surface area contributed by atoms with Gasteiger partial charge in [-0.15, -0.1) is 0 Å². The smallest absolute Gasteiger partial charge is 0.207 e. The topological polar surface area (TPSA) is 85.0 Å². The van der Waals surface area contributed by atoms with Crippen LogP contribution in [0.1, 0.15) is 19.4 Å². The molecule has 0 bridgehead atoms. The van der Waals surface area contributed by atoms with Gasteiger partial charge in [-0.05, 0) is 38.1 Å². The fraction of sp³-hybridized carbons (Fsp3) is 0.333. The van der Waals surface area contributed by atoms with Crippen molar-refractivity contribution in [2.45, 2.75) is 24.8 Å². The molecule has 0 heterocycles. The van der Waals surface area contributed by atoms with Gasteiger partial charge in [0.2, 0.25) is 10.0 Å². The van der Waals surface area contributed by atoms with Gasteiger partial charge in [0.25, 0.3) is 0 Å². The van der Waals surface area contributed by atoms with E-state index in [1.165, 1.54) is 24.3 Å². The summed E-state index contributed by atoms with van der Waals surface area (Å²) in [6, 6.07) is 9.10. The van der Waals surface area contributed by atoms with Crippen LogP contribution in [-0.4, -0.2) is 25.3 Å². The molecule has 1 aromatic carbocycles. The minimum absolute atomic E-state index is 0.0884. The lowest BCUT2D eigenvalue weighted by Crippen LogP contribution is -2.37. The van der Waals surface area contributed by atoms with Gasteiger partial charge in [-0.1, -0.05) is 0 Å². The molecule has 0 N–H and O–H groups in total. The maximum absolute atomic E-state index is 12.3. The summed E-state index contributed by atoms with van der Waals surface area (Å²) in [5, 5.41) is 17.3. The molecule has 0 radical (unpaired) electrons. The highest BCUT2D eigenvalue weighted by Crippen LogP contribution is 2.18. The number of benzene rings is 1. The van der Waals surface area contributed by atoms with Gasteiger partial charge in [-0.3, -0.25) is 0 Å². The molecule has 94 valence electrons. The Balaban J connectivity index is 3.19. The van der Waals surface area contributed by atoms with Crippen molar-refractivity contribution in [2.75, 3.05) is 6.54 Å². The third-order valence-electron chi connectivity index (χ3n) is 2.39. The normalized spacial score (nSPS) is 11.2. The van der Waals surface area contributed by atoms with Gasteiger partial charge >= 0.3 is 0 Å². The van der Waals surface area contributed by atoms with Gasteiger partial charge in [0.1, 0.15) is 6.54 Å². The molecule has 0 unspecified atom stereocenters. The summed E-state index contributed by atoms with van der Waals surface area (Å²) in [6.07, 6.45) is 0. The molecule has 1 aromatic rings. The Morgan fingerprint density at radius 1 is 1.22 bits per heavy atom. The van der Waals surface area contributed by atoms with Crippen LogP contribution in [-0.2, 0) is 10.0 Å². The SMILES string of the molecule is CC(C)N(CC#N)S(=O)(=O)c1ccc(C#N)cc1. The molecule has 0 aliphatic carbocycles. The summed E-state index contributed by atoms with van der Waals surface area (Å²) in [5.41, 5.74) is 0.394. The molecule has 0 amide bonds. The Morgan fingerprint density at radius 3 is 2.17 bits per heavy atom. The van der Waals surface area contributed by atoms with E-state index in [0.29, 0.717) is 5.56 Å². The van der Waals surface area contributed by atoms with Gasteiger partial charge in [-0.25, -0.2) is 8.42 Å². The Labute approximate surface area is 107 Å². The molecule has 18 heavy (non-hydrogen) atoms. The van der Waals surface area contributed by atoms with Gasteiger partial charge in [0.05, 0.1) is 22.6 Å². The Kier molecular flexibility index (Phi) is 4.43. The average molecular weight is 263 g/mol. The Hall–Kier alpha value is -1.89. The van der Waals surface area contributed by atoms with Crippen molar-refractivity contribution in [1.82, 2.24) is 4.31 Å². The molecule has 0 saturated carbocycles. The van der Waals surface area contributed by atoms with E-state index in [2.05, 4.69) is 0 Å². The molecule has 0 aromatic heterocycles. The first kappa shape index (κ1) is 14.2. The van der Waals surface area contributed by atoms with Crippen LogP contribution in [0.2, 0.25) is 0 Å². The highest BCUT2D eigenvalue weighted by molar-refractivity contribution is 7.89. The number of hydrogen-bond donors (Lipinski definition) is 0. The highest BCUT2D eigenvalue weighted by Gasteiger charge is 2.26. The van der Waals surface area contributed by atoms with Crippen molar-refractivity contribution in [3.05, 3.63) is 29.8 Å². The number of rotatable bonds is 4. The van der Waals surface area contributed by atoms with Crippen molar-refractivity contribution >= 4 is 10.0 Å². The molecule has 0 aliphatic rings. The van der Waals surface area contributed by atoms with Gasteiger partial charge in [0.15, 0.2) is 0 Å². The monoisotopic (exact) mass is 263 g/mol. The van der Waals surface area contributed by atoms with Crippen LogP contribution in [0.4, 0.5) is 0 Å². The second kappa shape index (κ2) is 5.63. The summed E-state index contributed by atoms with van der Waals surface area (Å²) in [4.78, 5) is 0.0884. The lowest BCUT2D eigenvalue weighted by atomic mass is 10.2. The molecule has 0 atom stereocenters. The third kappa shape index (κ3) is 2.86. The second-order valence-electron chi connectivity index (χ2n) is 3.94. The fourth-order valence-corrected chi connectivity index (χ4v) is 2.99. The Morgan fingerprint density at radius 2 is 1.78 bits per heavy atom. The maximum atomic E-state index is 12.3. The van der Waals surface area contributed by atoms with E-state index in [1.54, 1.807) is 13.8 Å². The molecular formula is C12H13N3O2S. The van der Waals surface area contributed by atoms with E-state index in [0.717, 1.165) is 4.31 Å². The van der Waals surface area contributed by atoms with E-state index in [4.69, 9.17) is 10.5 Å². The largest absolute Gasteiger partial charge is 0.244 e. The first-order chi connectivity index (χ1) is 8.43. The molecular weight excluding hydrogens is 250 g/mol. The first-order valence-corrected chi connectivity index (χ1v) is 6.76. The lowest BCUT2D eigenvalue weighted by Gasteiger charge is -2.23. The van der Waals surface area contributed by atoms with E-state index < -0.39 is 10.0 Å². The molecule has 1 rings (SSSR count). The molecule has 0 aliphatic heterocycles. The van der Waals surface area contributed by atoms with Crippen LogP contribution in [0.5, 0.6) is 0 Å². The molecule has 0 fully saturated rings. The van der Waals surface area contributed by atoms with Gasteiger partial charge in [-0.2, -0.15) is 14.8 Å². The van der Waals surface area contributed by atoms with Crippen molar-refractivity contribution in [3.63, 3.8) is 0 Å². The quantitative estimate of drug-likeness (QED) is 0.770. The Bertz CT molecular complexity index is 592. The second-order valence-corrected chi connectivity index (χ2v) is 5.83. The zero-order valence-corrected chi connectivity index (χ0v) is 11.0. The minimum atomic E-state index is -3.69. The molecule has 6 heteroatoms. The van der Waals surface area contributed by atoms with E-state index in [-0.39, 0.29) is 17.5 Å². The van der Waals surface area contributed by atoms with Crippen molar-refractivity contribution in [2.24, 2.45) is 0 Å². The molecule has 0 saturated heterocycles. The number of hydrogen-bond acceptors (Lipinski definition) is 4. The summed E-state index contributed by atoms with van der Waals surface area (Å²) in [7, 11) is -3.69. The zero-order valence-electron chi connectivity index (χ0n) is 10.2. The van der Waals surface area contributed by atoms with Crippen LogP contribution < -0.4 is 0 Å². The zero-order chi connectivity index (χ0) is 13.8. The van der Waals surface area contributed by atoms with Crippen LogP contribution in [0.25, 0.3) is 0 Å². The predicted octanol–water partition coefficient (Wildman–Crippen LogP) is 1.48. The van der Waals surface area contributed by atoms with Crippen LogP contribution in [0.15, 0.2) is 29.2 Å². The summed E-state index contributed by atoms with van der Waals surface area (Å²) < 4.78 is 25.6. The molecule has 0 spiro atoms. The minimum Gasteiger partial charge on any atom is -0.207 e. The number of nitrogens with zero attached hydrogens (tertiary/aromatic N) is 3. The summed E-state index contributed by atoms with van der Waals surface area (Å²) >= 11 is 0. The number of sulfonamides is 1. The molecule has 5 nitrogen and oxygen atoms in total. The highest BCUT2D eigenvalue weighted by atomic mass is 32.2. The predicted molar refractivity (Wildman–Crippen MR) is 65.8 cm³/mol. The fourth-order valence-electron chi connectivity index (χ4n) is 1.45. The summed E-state index contributed by atoms with van der Waals surface area (Å²) in [6.45, 7) is 3.22. The lowest BCUT2D eigenvalue weighted by molar-refractivity contribution is 0.385. The average Bonchev–Trinajstić information content (AvgIpc) is 2.35. The van der Waals surface area contributed by atoms with Crippen LogP contribution >= 0.6 is 0 Å². The van der Waals surface area contributed by atoms with Gasteiger partial charge < -0.3 is 0 Å². The van der Waals surface area contributed by atoms with Gasteiger partial charge in [0, 0.05) is 6.04 Å².